The third-order valence-electron chi connectivity index (χ3n) is 7.19. The minimum Gasteiger partial charge on any atom is -0.462 e. The van der Waals surface area contributed by atoms with Crippen molar-refractivity contribution in [3.8, 4) is 0 Å². The van der Waals surface area contributed by atoms with Gasteiger partial charge in [0.25, 0.3) is 5.69 Å². The summed E-state index contributed by atoms with van der Waals surface area (Å²) >= 11 is 1.41. The summed E-state index contributed by atoms with van der Waals surface area (Å²) < 4.78 is 11.8. The Balaban J connectivity index is 1.54. The number of aryl methyl sites for hydroxylation is 2. The summed E-state index contributed by atoms with van der Waals surface area (Å²) in [6, 6.07) is 14.3. The van der Waals surface area contributed by atoms with Crippen LogP contribution >= 0.6 is 11.8 Å². The van der Waals surface area contributed by atoms with E-state index in [0.29, 0.717) is 40.6 Å². The van der Waals surface area contributed by atoms with Crippen LogP contribution in [-0.4, -0.2) is 66.7 Å². The Morgan fingerprint density at radius 2 is 1.93 bits per heavy atom. The van der Waals surface area contributed by atoms with Gasteiger partial charge in [-0.3, -0.25) is 10.1 Å². The maximum atomic E-state index is 13.6. The van der Waals surface area contributed by atoms with Crippen molar-refractivity contribution in [3.63, 3.8) is 0 Å². The van der Waals surface area contributed by atoms with Gasteiger partial charge in [-0.1, -0.05) is 60.6 Å². The lowest BCUT2D eigenvalue weighted by molar-refractivity contribution is -0.385. The molecule has 1 unspecified atom stereocenters. The molecular weight excluding hydrogens is 528 g/mol. The first-order valence-corrected chi connectivity index (χ1v) is 15.1. The molecule has 1 fully saturated rings. The van der Waals surface area contributed by atoms with Crippen molar-refractivity contribution in [1.29, 1.82) is 0 Å². The average molecular weight is 567 g/mol. The predicted octanol–water partition coefficient (Wildman–Crippen LogP) is 5.20. The molecule has 2 heterocycles. The molecule has 1 atom stereocenters. The summed E-state index contributed by atoms with van der Waals surface area (Å²) in [5.41, 5.74) is 3.19. The number of carbonyl (C=O) groups excluding carboxylic acids is 1. The van der Waals surface area contributed by atoms with Crippen molar-refractivity contribution < 1.29 is 19.2 Å². The molecular formula is C30H38N4O5S. The van der Waals surface area contributed by atoms with E-state index in [9.17, 15) is 14.9 Å². The van der Waals surface area contributed by atoms with Crippen LogP contribution in [0.5, 0.6) is 0 Å². The lowest BCUT2D eigenvalue weighted by atomic mass is 9.95. The quantitative estimate of drug-likeness (QED) is 0.162. The summed E-state index contributed by atoms with van der Waals surface area (Å²) in [5.74, 6) is -0.493. The van der Waals surface area contributed by atoms with Gasteiger partial charge in [-0.2, -0.15) is 0 Å². The molecule has 9 nitrogen and oxygen atoms in total. The highest BCUT2D eigenvalue weighted by molar-refractivity contribution is 8.13. The molecule has 0 aliphatic carbocycles. The van der Waals surface area contributed by atoms with Gasteiger partial charge in [0.05, 0.1) is 36.0 Å². The van der Waals surface area contributed by atoms with Crippen LogP contribution < -0.4 is 5.32 Å². The minimum absolute atomic E-state index is 0.00755. The number of rotatable bonds is 12. The van der Waals surface area contributed by atoms with Crippen molar-refractivity contribution in [3.05, 3.63) is 86.6 Å². The van der Waals surface area contributed by atoms with Crippen LogP contribution in [0.1, 0.15) is 48.4 Å². The highest BCUT2D eigenvalue weighted by atomic mass is 32.2. The van der Waals surface area contributed by atoms with E-state index in [1.165, 1.54) is 42.7 Å². The van der Waals surface area contributed by atoms with Crippen molar-refractivity contribution in [2.24, 2.45) is 4.99 Å². The second-order valence-electron chi connectivity index (χ2n) is 10.0. The van der Waals surface area contributed by atoms with Crippen LogP contribution in [0, 0.1) is 17.0 Å². The largest absolute Gasteiger partial charge is 0.462 e. The Morgan fingerprint density at radius 1 is 1.15 bits per heavy atom. The number of ether oxygens (including phenoxy) is 2. The smallest absolute Gasteiger partial charge is 0.338 e. The van der Waals surface area contributed by atoms with Crippen molar-refractivity contribution in [2.45, 2.75) is 45.1 Å². The number of hydrogen-bond acceptors (Lipinski definition) is 9. The van der Waals surface area contributed by atoms with Gasteiger partial charge in [-0.05, 0) is 63.1 Å². The number of nitrogens with zero attached hydrogens (tertiary/aromatic N) is 3. The SMILES string of the molecule is CSC1=NC(c2ccc(C)c([N+](=O)[O-])c2)C(C(=O)OCCCc2ccccc2)=C(COCCN2CCCCC2)N1. The minimum atomic E-state index is -0.745. The van der Waals surface area contributed by atoms with Crippen LogP contribution in [0.2, 0.25) is 0 Å². The Hall–Kier alpha value is -3.21. The van der Waals surface area contributed by atoms with E-state index in [0.717, 1.165) is 26.1 Å². The number of nitrogens with one attached hydrogen (secondary N) is 1. The number of nitro groups is 1. The number of likely N-dealkylation sites (tertiary alicyclic amines) is 1. The summed E-state index contributed by atoms with van der Waals surface area (Å²) in [7, 11) is 0. The fraction of sp³-hybridized carbons (Fsp3) is 0.467. The second-order valence-corrected chi connectivity index (χ2v) is 10.8. The molecule has 2 aliphatic heterocycles. The van der Waals surface area contributed by atoms with Crippen LogP contribution in [0.4, 0.5) is 5.69 Å². The molecule has 10 heteroatoms. The number of carbonyl (C=O) groups is 1. The van der Waals surface area contributed by atoms with Crippen LogP contribution in [0.15, 0.2) is 64.8 Å². The number of benzene rings is 2. The van der Waals surface area contributed by atoms with E-state index in [2.05, 4.69) is 10.2 Å². The van der Waals surface area contributed by atoms with E-state index in [1.807, 2.05) is 36.6 Å². The number of aliphatic imine (C=N–C) groups is 1. The molecule has 0 saturated carbocycles. The number of amidine groups is 1. The highest BCUT2D eigenvalue weighted by Gasteiger charge is 2.33. The Morgan fingerprint density at radius 3 is 2.65 bits per heavy atom. The monoisotopic (exact) mass is 566 g/mol. The molecule has 4 rings (SSSR count). The molecule has 1 N–H and O–H groups in total. The Kier molecular flexibility index (Phi) is 11.1. The van der Waals surface area contributed by atoms with Crippen molar-refractivity contribution in [2.75, 3.05) is 45.7 Å². The van der Waals surface area contributed by atoms with Crippen molar-refractivity contribution in [1.82, 2.24) is 10.2 Å². The second kappa shape index (κ2) is 15.0. The zero-order valence-electron chi connectivity index (χ0n) is 23.3. The third-order valence-corrected chi connectivity index (χ3v) is 7.79. The fourth-order valence-corrected chi connectivity index (χ4v) is 5.41. The molecule has 214 valence electrons. The van der Waals surface area contributed by atoms with Gasteiger partial charge >= 0.3 is 5.97 Å². The molecule has 0 spiro atoms. The van der Waals surface area contributed by atoms with Gasteiger partial charge < -0.3 is 19.7 Å². The Labute approximate surface area is 240 Å². The molecule has 0 aromatic heterocycles. The van der Waals surface area contributed by atoms with Crippen LogP contribution in [-0.2, 0) is 20.7 Å². The lowest BCUT2D eigenvalue weighted by Gasteiger charge is -2.28. The van der Waals surface area contributed by atoms with Crippen molar-refractivity contribution >= 4 is 28.6 Å². The third kappa shape index (κ3) is 8.16. The van der Waals surface area contributed by atoms with Gasteiger partial charge in [0, 0.05) is 18.2 Å². The number of piperidine rings is 1. The number of nitro benzene ring substituents is 1. The standard InChI is InChI=1S/C30H38N4O5S/c1-22-13-14-24(20-26(22)34(36)37)28-27(29(35)39-18-9-12-23-10-5-3-6-11-23)25(31-30(32-28)40-2)21-38-19-17-33-15-7-4-8-16-33/h3,5-6,10-11,13-14,20,28H,4,7-9,12,15-19,21H2,1-2H3,(H,31,32). The van der Waals surface area contributed by atoms with Crippen LogP contribution in [0.25, 0.3) is 0 Å². The van der Waals surface area contributed by atoms with Gasteiger partial charge in [0.1, 0.15) is 6.04 Å². The average Bonchev–Trinajstić information content (AvgIpc) is 2.98. The summed E-state index contributed by atoms with van der Waals surface area (Å²) in [6.07, 6.45) is 7.07. The molecule has 2 aromatic carbocycles. The lowest BCUT2D eigenvalue weighted by Crippen LogP contribution is -2.35. The number of thioether (sulfide) groups is 1. The molecule has 2 aromatic rings. The zero-order chi connectivity index (χ0) is 28.3. The topological polar surface area (TPSA) is 106 Å². The molecule has 0 radical (unpaired) electrons. The molecule has 2 aliphatic rings. The van der Waals surface area contributed by atoms with Gasteiger partial charge in [-0.15, -0.1) is 0 Å². The number of esters is 1. The molecule has 1 saturated heterocycles. The summed E-state index contributed by atoms with van der Waals surface area (Å²) in [4.78, 5) is 32.0. The fourth-order valence-electron chi connectivity index (χ4n) is 4.98. The number of hydrogen-bond donors (Lipinski definition) is 1. The maximum absolute atomic E-state index is 13.6. The first kappa shape index (κ1) is 29.8. The molecule has 40 heavy (non-hydrogen) atoms. The van der Waals surface area contributed by atoms with E-state index in [1.54, 1.807) is 19.1 Å². The summed E-state index contributed by atoms with van der Waals surface area (Å²) in [5, 5.41) is 15.5. The van der Waals surface area contributed by atoms with Gasteiger partial charge in [0.15, 0.2) is 5.17 Å². The van der Waals surface area contributed by atoms with E-state index in [-0.39, 0.29) is 18.9 Å². The summed E-state index contributed by atoms with van der Waals surface area (Å²) in [6.45, 7) is 5.68. The van der Waals surface area contributed by atoms with E-state index in [4.69, 9.17) is 14.5 Å². The normalized spacial score (nSPS) is 17.8. The van der Waals surface area contributed by atoms with E-state index >= 15 is 0 Å². The molecule has 0 bridgehead atoms. The molecule has 0 amide bonds. The Bertz CT molecular complexity index is 1230. The first-order chi connectivity index (χ1) is 19.5. The highest BCUT2D eigenvalue weighted by Crippen LogP contribution is 2.35. The van der Waals surface area contributed by atoms with E-state index < -0.39 is 16.9 Å². The first-order valence-electron chi connectivity index (χ1n) is 13.8. The predicted molar refractivity (Wildman–Crippen MR) is 159 cm³/mol. The van der Waals surface area contributed by atoms with Gasteiger partial charge in [0.2, 0.25) is 0 Å². The zero-order valence-corrected chi connectivity index (χ0v) is 24.1. The maximum Gasteiger partial charge on any atom is 0.338 e. The van der Waals surface area contributed by atoms with Crippen LogP contribution in [0.3, 0.4) is 0 Å². The van der Waals surface area contributed by atoms with Gasteiger partial charge in [-0.25, -0.2) is 9.79 Å².